The Hall–Kier alpha value is -1.58. The lowest BCUT2D eigenvalue weighted by Gasteiger charge is -2.21. The van der Waals surface area contributed by atoms with Crippen molar-refractivity contribution in [3.05, 3.63) is 23.9 Å². The number of nitrogens with one attached hydrogen (secondary N) is 2. The molecule has 0 saturated heterocycles. The van der Waals surface area contributed by atoms with E-state index in [1.165, 1.54) is 32.1 Å². The number of rotatable bonds is 3. The van der Waals surface area contributed by atoms with Gasteiger partial charge in [-0.05, 0) is 37.8 Å². The number of nitrogens with zero attached hydrogens (tertiary/aromatic N) is 1. The van der Waals surface area contributed by atoms with Gasteiger partial charge in [-0.15, -0.1) is 0 Å². The number of hydrogen-bond acceptors (Lipinski definition) is 2. The summed E-state index contributed by atoms with van der Waals surface area (Å²) in [6, 6.07) is 5.44. The molecule has 2 N–H and O–H groups in total. The molecule has 0 bridgehead atoms. The van der Waals surface area contributed by atoms with E-state index in [1.54, 1.807) is 6.07 Å². The Morgan fingerprint density at radius 1 is 1.33 bits per heavy atom. The fourth-order valence-electron chi connectivity index (χ4n) is 2.40. The Morgan fingerprint density at radius 3 is 2.83 bits per heavy atom. The molecule has 2 rings (SSSR count). The van der Waals surface area contributed by atoms with Gasteiger partial charge in [0.05, 0.1) is 0 Å². The maximum Gasteiger partial charge on any atom is 0.320 e. The van der Waals surface area contributed by atoms with E-state index in [9.17, 15) is 4.79 Å². The van der Waals surface area contributed by atoms with Crippen LogP contribution in [0.25, 0.3) is 0 Å². The Morgan fingerprint density at radius 2 is 2.11 bits per heavy atom. The number of urea groups is 1. The largest absolute Gasteiger partial charge is 0.338 e. The van der Waals surface area contributed by atoms with Crippen LogP contribution in [0, 0.1) is 12.8 Å². The van der Waals surface area contributed by atoms with Crippen LogP contribution in [0.2, 0.25) is 0 Å². The topological polar surface area (TPSA) is 54.0 Å². The van der Waals surface area contributed by atoms with Gasteiger partial charge in [0.2, 0.25) is 0 Å². The molecule has 1 heterocycles. The summed E-state index contributed by atoms with van der Waals surface area (Å²) in [5.41, 5.74) is 0.903. The van der Waals surface area contributed by atoms with Crippen LogP contribution in [0.5, 0.6) is 0 Å². The van der Waals surface area contributed by atoms with Gasteiger partial charge in [-0.2, -0.15) is 0 Å². The summed E-state index contributed by atoms with van der Waals surface area (Å²) in [6.45, 7) is 2.68. The minimum Gasteiger partial charge on any atom is -0.338 e. The molecular weight excluding hydrogens is 226 g/mol. The van der Waals surface area contributed by atoms with Crippen LogP contribution in [-0.4, -0.2) is 17.6 Å². The quantitative estimate of drug-likeness (QED) is 0.862. The first-order chi connectivity index (χ1) is 8.74. The van der Waals surface area contributed by atoms with Crippen LogP contribution >= 0.6 is 0 Å². The fourth-order valence-corrected chi connectivity index (χ4v) is 2.40. The summed E-state index contributed by atoms with van der Waals surface area (Å²) in [4.78, 5) is 15.9. The van der Waals surface area contributed by atoms with Crippen LogP contribution < -0.4 is 10.6 Å². The van der Waals surface area contributed by atoms with Gasteiger partial charge >= 0.3 is 6.03 Å². The van der Waals surface area contributed by atoms with Gasteiger partial charge in [-0.1, -0.05) is 25.3 Å². The van der Waals surface area contributed by atoms with E-state index in [0.29, 0.717) is 11.7 Å². The van der Waals surface area contributed by atoms with E-state index in [4.69, 9.17) is 0 Å². The van der Waals surface area contributed by atoms with Gasteiger partial charge in [-0.3, -0.25) is 5.32 Å². The highest BCUT2D eigenvalue weighted by atomic mass is 16.2. The number of pyridine rings is 1. The van der Waals surface area contributed by atoms with Crippen molar-refractivity contribution in [3.8, 4) is 0 Å². The molecule has 1 aliphatic carbocycles. The third kappa shape index (κ3) is 4.02. The summed E-state index contributed by atoms with van der Waals surface area (Å²) in [5, 5.41) is 5.69. The zero-order chi connectivity index (χ0) is 12.8. The highest BCUT2D eigenvalue weighted by molar-refractivity contribution is 5.88. The van der Waals surface area contributed by atoms with Gasteiger partial charge < -0.3 is 5.32 Å². The predicted octanol–water partition coefficient (Wildman–Crippen LogP) is 3.09. The summed E-state index contributed by atoms with van der Waals surface area (Å²) >= 11 is 0. The molecule has 0 spiro atoms. The number of aryl methyl sites for hydroxylation is 1. The zero-order valence-corrected chi connectivity index (χ0v) is 10.9. The molecule has 2 amide bonds. The van der Waals surface area contributed by atoms with Crippen molar-refractivity contribution in [2.45, 2.75) is 39.0 Å². The SMILES string of the molecule is Cc1cccc(NC(=O)NCC2CCCCC2)n1. The van der Waals surface area contributed by atoms with E-state index < -0.39 is 0 Å². The van der Waals surface area contributed by atoms with Crippen molar-refractivity contribution >= 4 is 11.8 Å². The molecule has 0 radical (unpaired) electrons. The molecule has 1 fully saturated rings. The molecule has 1 aromatic heterocycles. The van der Waals surface area contributed by atoms with E-state index in [0.717, 1.165) is 12.2 Å². The lowest BCUT2D eigenvalue weighted by molar-refractivity contribution is 0.247. The molecule has 1 aromatic rings. The van der Waals surface area contributed by atoms with Crippen LogP contribution in [0.4, 0.5) is 10.6 Å². The number of carbonyl (C=O) groups excluding carboxylic acids is 1. The first-order valence-corrected chi connectivity index (χ1v) is 6.72. The number of hydrogen-bond donors (Lipinski definition) is 2. The number of aromatic nitrogens is 1. The predicted molar refractivity (Wildman–Crippen MR) is 72.6 cm³/mol. The molecule has 0 aliphatic heterocycles. The Balaban J connectivity index is 1.74. The van der Waals surface area contributed by atoms with Crippen molar-refractivity contribution in [2.24, 2.45) is 5.92 Å². The first-order valence-electron chi connectivity index (χ1n) is 6.72. The highest BCUT2D eigenvalue weighted by Crippen LogP contribution is 2.22. The van der Waals surface area contributed by atoms with Crippen molar-refractivity contribution in [3.63, 3.8) is 0 Å². The molecule has 0 unspecified atom stereocenters. The maximum atomic E-state index is 11.7. The van der Waals surface area contributed by atoms with Gasteiger partial charge in [-0.25, -0.2) is 9.78 Å². The van der Waals surface area contributed by atoms with Gasteiger partial charge in [0, 0.05) is 12.2 Å². The van der Waals surface area contributed by atoms with Crippen molar-refractivity contribution in [1.29, 1.82) is 0 Å². The molecule has 98 valence electrons. The third-order valence-corrected chi connectivity index (χ3v) is 3.41. The highest BCUT2D eigenvalue weighted by Gasteiger charge is 2.14. The van der Waals surface area contributed by atoms with Gasteiger partial charge in [0.15, 0.2) is 0 Å². The molecule has 18 heavy (non-hydrogen) atoms. The lowest BCUT2D eigenvalue weighted by atomic mass is 9.89. The third-order valence-electron chi connectivity index (χ3n) is 3.41. The number of carbonyl (C=O) groups is 1. The van der Waals surface area contributed by atoms with E-state index in [1.807, 2.05) is 19.1 Å². The Kier molecular flexibility index (Phi) is 4.56. The zero-order valence-electron chi connectivity index (χ0n) is 10.9. The summed E-state index contributed by atoms with van der Waals surface area (Å²) < 4.78 is 0. The molecule has 4 nitrogen and oxygen atoms in total. The Bertz CT molecular complexity index is 400. The van der Waals surface area contributed by atoms with Crippen LogP contribution in [-0.2, 0) is 0 Å². The normalized spacial score (nSPS) is 16.3. The molecule has 1 saturated carbocycles. The second kappa shape index (κ2) is 6.38. The fraction of sp³-hybridized carbons (Fsp3) is 0.571. The van der Waals surface area contributed by atoms with Crippen LogP contribution in [0.1, 0.15) is 37.8 Å². The molecule has 4 heteroatoms. The van der Waals surface area contributed by atoms with Gasteiger partial charge in [0.1, 0.15) is 5.82 Å². The van der Waals surface area contributed by atoms with Crippen LogP contribution in [0.3, 0.4) is 0 Å². The van der Waals surface area contributed by atoms with E-state index >= 15 is 0 Å². The van der Waals surface area contributed by atoms with Crippen molar-refractivity contribution in [2.75, 3.05) is 11.9 Å². The molecule has 1 aliphatic rings. The summed E-state index contributed by atoms with van der Waals surface area (Å²) in [5.74, 6) is 1.26. The number of anilines is 1. The standard InChI is InChI=1S/C14H21N3O/c1-11-6-5-9-13(16-11)17-14(18)15-10-12-7-3-2-4-8-12/h5-6,9,12H,2-4,7-8,10H2,1H3,(H2,15,16,17,18). The average molecular weight is 247 g/mol. The maximum absolute atomic E-state index is 11.7. The van der Waals surface area contributed by atoms with Crippen molar-refractivity contribution in [1.82, 2.24) is 10.3 Å². The molecule has 0 atom stereocenters. The minimum atomic E-state index is -0.154. The molecular formula is C14H21N3O. The minimum absolute atomic E-state index is 0.154. The summed E-state index contributed by atoms with van der Waals surface area (Å²) in [7, 11) is 0. The smallest absolute Gasteiger partial charge is 0.320 e. The Labute approximate surface area is 108 Å². The van der Waals surface area contributed by atoms with Gasteiger partial charge in [0.25, 0.3) is 0 Å². The van der Waals surface area contributed by atoms with Crippen molar-refractivity contribution < 1.29 is 4.79 Å². The van der Waals surface area contributed by atoms with E-state index in [-0.39, 0.29) is 6.03 Å². The first kappa shape index (κ1) is 12.9. The second-order valence-electron chi connectivity index (χ2n) is 5.00. The lowest BCUT2D eigenvalue weighted by Crippen LogP contribution is -2.34. The van der Waals surface area contributed by atoms with Crippen LogP contribution in [0.15, 0.2) is 18.2 Å². The summed E-state index contributed by atoms with van der Waals surface area (Å²) in [6.07, 6.45) is 6.42. The molecule has 0 aromatic carbocycles. The number of amides is 2. The second-order valence-corrected chi connectivity index (χ2v) is 5.00. The average Bonchev–Trinajstić information content (AvgIpc) is 2.38. The monoisotopic (exact) mass is 247 g/mol. The van der Waals surface area contributed by atoms with E-state index in [2.05, 4.69) is 15.6 Å².